The lowest BCUT2D eigenvalue weighted by molar-refractivity contribution is -0.119. The number of nitrogens with zero attached hydrogens (tertiary/aromatic N) is 1. The Hall–Kier alpha value is -2.76. The van der Waals surface area contributed by atoms with E-state index in [1.165, 1.54) is 35.2 Å². The van der Waals surface area contributed by atoms with Gasteiger partial charge in [0, 0.05) is 35.7 Å². The zero-order valence-corrected chi connectivity index (χ0v) is 13.0. The van der Waals surface area contributed by atoms with Crippen molar-refractivity contribution in [1.29, 1.82) is 0 Å². The number of carbonyl (C=O) groups is 2. The zero-order valence-electron chi connectivity index (χ0n) is 13.0. The predicted octanol–water partition coefficient (Wildman–Crippen LogP) is 2.83. The highest BCUT2D eigenvalue weighted by Crippen LogP contribution is 2.50. The summed E-state index contributed by atoms with van der Waals surface area (Å²) >= 11 is 0. The molecule has 2 atom stereocenters. The first-order valence-electron chi connectivity index (χ1n) is 7.51. The highest BCUT2D eigenvalue weighted by molar-refractivity contribution is 5.98. The molecule has 0 radical (unpaired) electrons. The second-order valence-electron chi connectivity index (χ2n) is 5.89. The minimum Gasteiger partial charge on any atom is -0.366 e. The molecule has 0 bridgehead atoms. The standard InChI is InChI=1S/C18H16F2N2O2/c1-22(11-7-5-10(6-8-11)17(21)23)18(24)13-9-12(13)16-14(19)3-2-4-15(16)20/h2-8,12-13H,9H2,1H3,(H2,21,23)/t12-,13-/m1/s1. The molecule has 0 aliphatic heterocycles. The van der Waals surface area contributed by atoms with Gasteiger partial charge in [0.25, 0.3) is 0 Å². The molecule has 0 heterocycles. The first-order chi connectivity index (χ1) is 11.4. The number of primary amides is 1. The quantitative estimate of drug-likeness (QED) is 0.937. The topological polar surface area (TPSA) is 63.4 Å². The molecule has 0 unspecified atom stereocenters. The first-order valence-corrected chi connectivity index (χ1v) is 7.51. The summed E-state index contributed by atoms with van der Waals surface area (Å²) in [5.74, 6) is -2.89. The van der Waals surface area contributed by atoms with Crippen LogP contribution in [0.15, 0.2) is 42.5 Å². The SMILES string of the molecule is CN(C(=O)[C@@H]1C[C@H]1c1c(F)cccc1F)c1ccc(C(N)=O)cc1. The Bertz CT molecular complexity index is 785. The van der Waals surface area contributed by atoms with E-state index in [2.05, 4.69) is 0 Å². The molecule has 0 saturated heterocycles. The van der Waals surface area contributed by atoms with E-state index in [1.54, 1.807) is 19.2 Å². The molecule has 1 aliphatic carbocycles. The number of benzene rings is 2. The first kappa shape index (κ1) is 16.1. The highest BCUT2D eigenvalue weighted by Gasteiger charge is 2.47. The van der Waals surface area contributed by atoms with Crippen LogP contribution in [0.3, 0.4) is 0 Å². The van der Waals surface area contributed by atoms with Gasteiger partial charge < -0.3 is 10.6 Å². The molecule has 124 valence electrons. The van der Waals surface area contributed by atoms with E-state index in [4.69, 9.17) is 5.73 Å². The number of rotatable bonds is 4. The number of hydrogen-bond donors (Lipinski definition) is 1. The molecule has 2 N–H and O–H groups in total. The second-order valence-corrected chi connectivity index (χ2v) is 5.89. The van der Waals surface area contributed by atoms with Crippen LogP contribution >= 0.6 is 0 Å². The maximum atomic E-state index is 13.8. The molecule has 0 spiro atoms. The maximum Gasteiger partial charge on any atom is 0.248 e. The molecule has 2 aromatic rings. The van der Waals surface area contributed by atoms with Gasteiger partial charge in [0.1, 0.15) is 11.6 Å². The van der Waals surface area contributed by atoms with Crippen molar-refractivity contribution < 1.29 is 18.4 Å². The molecule has 3 rings (SSSR count). The van der Waals surface area contributed by atoms with Gasteiger partial charge in [0.2, 0.25) is 11.8 Å². The summed E-state index contributed by atoms with van der Waals surface area (Å²) in [5, 5.41) is 0. The van der Waals surface area contributed by atoms with Gasteiger partial charge >= 0.3 is 0 Å². The lowest BCUT2D eigenvalue weighted by atomic mass is 10.1. The van der Waals surface area contributed by atoms with Gasteiger partial charge in [-0.25, -0.2) is 8.78 Å². The van der Waals surface area contributed by atoms with E-state index in [0.29, 0.717) is 17.7 Å². The molecule has 1 aliphatic rings. The summed E-state index contributed by atoms with van der Waals surface area (Å²) in [6.45, 7) is 0. The van der Waals surface area contributed by atoms with Crippen LogP contribution in [0.2, 0.25) is 0 Å². The minimum atomic E-state index is -0.622. The fourth-order valence-electron chi connectivity index (χ4n) is 2.88. The van der Waals surface area contributed by atoms with E-state index in [9.17, 15) is 18.4 Å². The smallest absolute Gasteiger partial charge is 0.248 e. The number of hydrogen-bond acceptors (Lipinski definition) is 2. The van der Waals surface area contributed by atoms with E-state index in [-0.39, 0.29) is 11.5 Å². The number of anilines is 1. The molecule has 0 aromatic heterocycles. The minimum absolute atomic E-state index is 0.0201. The Kier molecular flexibility index (Phi) is 4.05. The summed E-state index contributed by atoms with van der Waals surface area (Å²) in [6.07, 6.45) is 0.417. The van der Waals surface area contributed by atoms with Crippen LogP contribution in [-0.4, -0.2) is 18.9 Å². The summed E-state index contributed by atoms with van der Waals surface area (Å²) in [7, 11) is 1.59. The molecule has 2 amide bonds. The van der Waals surface area contributed by atoms with Gasteiger partial charge in [-0.3, -0.25) is 9.59 Å². The third-order valence-corrected chi connectivity index (χ3v) is 4.35. The van der Waals surface area contributed by atoms with Gasteiger partial charge in [-0.05, 0) is 42.8 Å². The van der Waals surface area contributed by atoms with Crippen LogP contribution in [0.5, 0.6) is 0 Å². The van der Waals surface area contributed by atoms with Gasteiger partial charge in [-0.15, -0.1) is 0 Å². The molecule has 1 fully saturated rings. The average Bonchev–Trinajstić information content (AvgIpc) is 3.33. The second kappa shape index (κ2) is 6.03. The normalized spacial score (nSPS) is 19.0. The van der Waals surface area contributed by atoms with Crippen molar-refractivity contribution in [2.45, 2.75) is 12.3 Å². The number of amides is 2. The van der Waals surface area contributed by atoms with Crippen LogP contribution in [0, 0.1) is 17.6 Å². The lowest BCUT2D eigenvalue weighted by Crippen LogP contribution is -2.28. The molecular weight excluding hydrogens is 314 g/mol. The van der Waals surface area contributed by atoms with Gasteiger partial charge in [0.15, 0.2) is 0 Å². The van der Waals surface area contributed by atoms with Crippen LogP contribution in [-0.2, 0) is 4.79 Å². The Balaban J connectivity index is 1.75. The van der Waals surface area contributed by atoms with E-state index in [0.717, 1.165) is 0 Å². The van der Waals surface area contributed by atoms with Crippen LogP contribution in [0.1, 0.15) is 28.3 Å². The number of halogens is 2. The van der Waals surface area contributed by atoms with Crippen LogP contribution < -0.4 is 10.6 Å². The van der Waals surface area contributed by atoms with E-state index < -0.39 is 29.4 Å². The summed E-state index contributed by atoms with van der Waals surface area (Å²) in [5.41, 5.74) is 6.09. The Morgan fingerprint density at radius 1 is 1.08 bits per heavy atom. The van der Waals surface area contributed by atoms with Crippen molar-refractivity contribution in [3.05, 3.63) is 65.2 Å². The predicted molar refractivity (Wildman–Crippen MR) is 85.6 cm³/mol. The lowest BCUT2D eigenvalue weighted by Gasteiger charge is -2.18. The summed E-state index contributed by atoms with van der Waals surface area (Å²) < 4.78 is 27.6. The number of carbonyl (C=O) groups excluding carboxylic acids is 2. The summed E-state index contributed by atoms with van der Waals surface area (Å²) in [4.78, 5) is 25.0. The Labute approximate surface area is 137 Å². The third kappa shape index (κ3) is 2.87. The van der Waals surface area contributed by atoms with E-state index in [1.807, 2.05) is 0 Å². The fourth-order valence-corrected chi connectivity index (χ4v) is 2.88. The Morgan fingerprint density at radius 2 is 1.67 bits per heavy atom. The monoisotopic (exact) mass is 330 g/mol. The van der Waals surface area contributed by atoms with Gasteiger partial charge in [-0.1, -0.05) is 6.07 Å². The number of nitrogens with two attached hydrogens (primary N) is 1. The zero-order chi connectivity index (χ0) is 17.4. The van der Waals surface area contributed by atoms with Crippen LogP contribution in [0.25, 0.3) is 0 Å². The van der Waals surface area contributed by atoms with Crippen molar-refractivity contribution in [1.82, 2.24) is 0 Å². The fraction of sp³-hybridized carbons (Fsp3) is 0.222. The third-order valence-electron chi connectivity index (χ3n) is 4.35. The van der Waals surface area contributed by atoms with Gasteiger partial charge in [0.05, 0.1) is 0 Å². The largest absolute Gasteiger partial charge is 0.366 e. The molecule has 6 heteroatoms. The van der Waals surface area contributed by atoms with Crippen molar-refractivity contribution in [3.63, 3.8) is 0 Å². The molecule has 1 saturated carbocycles. The summed E-state index contributed by atoms with van der Waals surface area (Å²) in [6, 6.07) is 9.98. The molecule has 4 nitrogen and oxygen atoms in total. The van der Waals surface area contributed by atoms with Crippen molar-refractivity contribution in [2.24, 2.45) is 11.7 Å². The molecule has 24 heavy (non-hydrogen) atoms. The Morgan fingerprint density at radius 3 is 2.21 bits per heavy atom. The highest BCUT2D eigenvalue weighted by atomic mass is 19.1. The average molecular weight is 330 g/mol. The van der Waals surface area contributed by atoms with Crippen molar-refractivity contribution in [3.8, 4) is 0 Å². The van der Waals surface area contributed by atoms with Crippen LogP contribution in [0.4, 0.5) is 14.5 Å². The van der Waals surface area contributed by atoms with Crippen molar-refractivity contribution in [2.75, 3.05) is 11.9 Å². The van der Waals surface area contributed by atoms with Gasteiger partial charge in [-0.2, -0.15) is 0 Å². The van der Waals surface area contributed by atoms with Crippen molar-refractivity contribution >= 4 is 17.5 Å². The molecular formula is C18H16F2N2O2. The maximum absolute atomic E-state index is 13.8. The molecule has 2 aromatic carbocycles. The van der Waals surface area contributed by atoms with E-state index >= 15 is 0 Å².